The summed E-state index contributed by atoms with van der Waals surface area (Å²) in [6.07, 6.45) is 6.36. The molecule has 3 N–H and O–H groups in total. The van der Waals surface area contributed by atoms with Crippen molar-refractivity contribution in [3.05, 3.63) is 59.9 Å². The highest BCUT2D eigenvalue weighted by Gasteiger charge is 2.40. The zero-order chi connectivity index (χ0) is 25.6. The second-order valence-electron chi connectivity index (χ2n) is 9.62. The van der Waals surface area contributed by atoms with E-state index in [2.05, 4.69) is 25.7 Å². The Kier molecular flexibility index (Phi) is 5.73. The summed E-state index contributed by atoms with van der Waals surface area (Å²) < 4.78 is 12.6. The van der Waals surface area contributed by atoms with Crippen molar-refractivity contribution in [2.45, 2.75) is 31.9 Å². The van der Waals surface area contributed by atoms with Gasteiger partial charge in [-0.1, -0.05) is 0 Å². The molecule has 0 saturated carbocycles. The van der Waals surface area contributed by atoms with Crippen LogP contribution < -0.4 is 10.6 Å². The summed E-state index contributed by atoms with van der Waals surface area (Å²) in [4.78, 5) is 33.5. The van der Waals surface area contributed by atoms with Gasteiger partial charge in [-0.2, -0.15) is 5.10 Å². The largest absolute Gasteiger partial charge is 0.444 e. The molecule has 11 heteroatoms. The molecule has 3 aromatic heterocycles. The number of aromatic nitrogens is 4. The van der Waals surface area contributed by atoms with Crippen molar-refractivity contribution < 1.29 is 23.8 Å². The van der Waals surface area contributed by atoms with Gasteiger partial charge in [0, 0.05) is 59.3 Å². The minimum atomic E-state index is -1.23. The van der Waals surface area contributed by atoms with Crippen molar-refractivity contribution in [3.63, 3.8) is 0 Å². The van der Waals surface area contributed by atoms with E-state index in [-0.39, 0.29) is 30.7 Å². The number of rotatable bonds is 7. The molecule has 6 rings (SSSR count). The summed E-state index contributed by atoms with van der Waals surface area (Å²) in [5, 5.41) is 22.3. The number of oxazole rings is 1. The van der Waals surface area contributed by atoms with Crippen LogP contribution in [0.1, 0.15) is 34.6 Å². The highest BCUT2D eigenvalue weighted by atomic mass is 16.5. The van der Waals surface area contributed by atoms with Crippen LogP contribution in [0.4, 0.5) is 5.69 Å². The number of carbonyl (C=O) groups is 2. The van der Waals surface area contributed by atoms with E-state index >= 15 is 0 Å². The molecule has 2 amide bonds. The van der Waals surface area contributed by atoms with Crippen LogP contribution in [-0.2, 0) is 21.7 Å². The van der Waals surface area contributed by atoms with Crippen LogP contribution in [-0.4, -0.2) is 56.4 Å². The third-order valence-corrected chi connectivity index (χ3v) is 6.87. The van der Waals surface area contributed by atoms with Crippen LogP contribution in [0, 0.1) is 12.8 Å². The Hall–Kier alpha value is -4.09. The van der Waals surface area contributed by atoms with Gasteiger partial charge in [0.1, 0.15) is 11.9 Å². The monoisotopic (exact) mass is 502 g/mol. The molecule has 37 heavy (non-hydrogen) atoms. The molecule has 11 nitrogen and oxygen atoms in total. The fourth-order valence-electron chi connectivity index (χ4n) is 4.76. The van der Waals surface area contributed by atoms with E-state index in [9.17, 15) is 14.7 Å². The molecular formula is C26H26N6O5. The van der Waals surface area contributed by atoms with Gasteiger partial charge in [-0.3, -0.25) is 19.3 Å². The maximum absolute atomic E-state index is 13.1. The summed E-state index contributed by atoms with van der Waals surface area (Å²) >= 11 is 0. The number of carbonyl (C=O) groups excluding carboxylic acids is 2. The summed E-state index contributed by atoms with van der Waals surface area (Å²) in [6, 6.07) is 7.15. The van der Waals surface area contributed by atoms with Crippen LogP contribution in [0.5, 0.6) is 0 Å². The summed E-state index contributed by atoms with van der Waals surface area (Å²) in [5.41, 5.74) is 2.06. The Labute approximate surface area is 211 Å². The van der Waals surface area contributed by atoms with Gasteiger partial charge in [0.05, 0.1) is 18.7 Å². The Morgan fingerprint density at radius 3 is 2.92 bits per heavy atom. The minimum Gasteiger partial charge on any atom is -0.444 e. The zero-order valence-electron chi connectivity index (χ0n) is 20.2. The zero-order valence-corrected chi connectivity index (χ0v) is 20.2. The third-order valence-electron chi connectivity index (χ3n) is 6.87. The van der Waals surface area contributed by atoms with Crippen molar-refractivity contribution in [1.29, 1.82) is 0 Å². The average molecular weight is 503 g/mol. The highest BCUT2D eigenvalue weighted by Crippen LogP contribution is 2.37. The van der Waals surface area contributed by atoms with Gasteiger partial charge in [-0.25, -0.2) is 4.98 Å². The first-order valence-corrected chi connectivity index (χ1v) is 12.2. The predicted octanol–water partition coefficient (Wildman–Crippen LogP) is 2.39. The molecule has 0 aliphatic carbocycles. The Balaban J connectivity index is 1.27. The van der Waals surface area contributed by atoms with Crippen molar-refractivity contribution in [3.8, 4) is 11.5 Å². The Morgan fingerprint density at radius 1 is 1.32 bits per heavy atom. The predicted molar refractivity (Wildman–Crippen MR) is 133 cm³/mol. The number of benzene rings is 1. The van der Waals surface area contributed by atoms with Crippen LogP contribution in [0.15, 0.2) is 47.3 Å². The van der Waals surface area contributed by atoms with Gasteiger partial charge in [0.2, 0.25) is 11.8 Å². The van der Waals surface area contributed by atoms with Gasteiger partial charge in [0.15, 0.2) is 5.69 Å². The van der Waals surface area contributed by atoms with Crippen molar-refractivity contribution >= 4 is 28.4 Å². The number of hydrogen-bond acceptors (Lipinski definition) is 8. The number of aryl methyl sites for hydroxylation is 2. The average Bonchev–Trinajstić information content (AvgIpc) is 3.60. The Morgan fingerprint density at radius 2 is 2.19 bits per heavy atom. The molecule has 2 aliphatic rings. The number of ether oxygens (including phenoxy) is 1. The number of aliphatic hydroxyl groups is 1. The molecular weight excluding hydrogens is 476 g/mol. The van der Waals surface area contributed by atoms with Crippen molar-refractivity contribution in [2.24, 2.45) is 5.92 Å². The first kappa shape index (κ1) is 23.3. The van der Waals surface area contributed by atoms with Crippen molar-refractivity contribution in [1.82, 2.24) is 25.1 Å². The van der Waals surface area contributed by atoms with E-state index in [1.807, 2.05) is 19.2 Å². The lowest BCUT2D eigenvalue weighted by atomic mass is 9.89. The number of anilines is 1. The number of hydrogen-bond donors (Lipinski definition) is 3. The van der Waals surface area contributed by atoms with E-state index in [1.54, 1.807) is 29.1 Å². The quantitative estimate of drug-likeness (QED) is 0.349. The number of nitrogens with zero attached hydrogens (tertiary/aromatic N) is 4. The topological polar surface area (TPSA) is 144 Å². The SMILES string of the molecule is Cc1cc(-c2nc(C(=O)Nc3cc4cn(CCC5CCNC5=O)nc4cc3C3(O)COC3)co2)ccn1. The van der Waals surface area contributed by atoms with E-state index in [0.717, 1.165) is 23.1 Å². The smallest absolute Gasteiger partial charge is 0.277 e. The molecule has 1 atom stereocenters. The van der Waals surface area contributed by atoms with Gasteiger partial charge in [-0.15, -0.1) is 0 Å². The number of fused-ring (bicyclic) bond motifs is 1. The van der Waals surface area contributed by atoms with E-state index < -0.39 is 11.5 Å². The number of amides is 2. The second-order valence-corrected chi connectivity index (χ2v) is 9.62. The van der Waals surface area contributed by atoms with Crippen molar-refractivity contribution in [2.75, 3.05) is 25.1 Å². The molecule has 190 valence electrons. The standard InChI is InChI=1S/C26H26N6O5/c1-15-8-17(3-5-27-15)25-30-22(12-37-25)24(34)29-21-9-18-11-32(7-4-16-2-6-28-23(16)33)31-20(18)10-19(21)26(35)13-36-14-26/h3,5,8-12,16,35H,2,4,6-7,13-14H2,1H3,(H,28,33)(H,29,34). The van der Waals surface area contributed by atoms with E-state index in [4.69, 9.17) is 9.15 Å². The summed E-state index contributed by atoms with van der Waals surface area (Å²) in [7, 11) is 0. The number of nitrogens with one attached hydrogen (secondary N) is 2. The molecule has 1 unspecified atom stereocenters. The molecule has 2 fully saturated rings. The minimum absolute atomic E-state index is 0.00558. The summed E-state index contributed by atoms with van der Waals surface area (Å²) in [6.45, 7) is 3.41. The molecule has 5 heterocycles. The number of pyridine rings is 1. The molecule has 2 saturated heterocycles. The maximum Gasteiger partial charge on any atom is 0.277 e. The normalized spacial score (nSPS) is 18.5. The molecule has 0 radical (unpaired) electrons. The molecule has 1 aromatic carbocycles. The van der Waals surface area contributed by atoms with Gasteiger partial charge < -0.3 is 24.9 Å². The molecule has 0 spiro atoms. The highest BCUT2D eigenvalue weighted by molar-refractivity contribution is 6.04. The lowest BCUT2D eigenvalue weighted by Gasteiger charge is -2.37. The Bertz CT molecular complexity index is 1500. The second kappa shape index (κ2) is 9.09. The first-order chi connectivity index (χ1) is 17.9. The maximum atomic E-state index is 13.1. The lowest BCUT2D eigenvalue weighted by molar-refractivity contribution is -0.184. The molecule has 4 aromatic rings. The molecule has 0 bridgehead atoms. The fraction of sp³-hybridized carbons (Fsp3) is 0.346. The lowest BCUT2D eigenvalue weighted by Crippen LogP contribution is -2.47. The third kappa shape index (κ3) is 4.47. The van der Waals surface area contributed by atoms with E-state index in [0.29, 0.717) is 42.2 Å². The van der Waals surface area contributed by atoms with Crippen LogP contribution in [0.3, 0.4) is 0 Å². The van der Waals surface area contributed by atoms with Crippen LogP contribution in [0.2, 0.25) is 0 Å². The van der Waals surface area contributed by atoms with Gasteiger partial charge in [0.25, 0.3) is 5.91 Å². The fourth-order valence-corrected chi connectivity index (χ4v) is 4.76. The first-order valence-electron chi connectivity index (χ1n) is 12.2. The molecule has 2 aliphatic heterocycles. The van der Waals surface area contributed by atoms with E-state index in [1.165, 1.54) is 6.26 Å². The van der Waals surface area contributed by atoms with Gasteiger partial charge >= 0.3 is 0 Å². The summed E-state index contributed by atoms with van der Waals surface area (Å²) in [5.74, 6) is -0.0697. The van der Waals surface area contributed by atoms with Gasteiger partial charge in [-0.05, 0) is 44.0 Å². The van der Waals surface area contributed by atoms with Crippen LogP contribution >= 0.6 is 0 Å². The van der Waals surface area contributed by atoms with Crippen LogP contribution in [0.25, 0.3) is 22.4 Å².